The van der Waals surface area contributed by atoms with Gasteiger partial charge in [0.05, 0.1) is 16.8 Å². The number of hydrogen-bond acceptors (Lipinski definition) is 6. The number of carbonyl (C=O) groups excluding carboxylic acids is 3. The minimum absolute atomic E-state index is 0.0343. The minimum atomic E-state index is -1.26. The second kappa shape index (κ2) is 11.6. The Balaban J connectivity index is 2.43. The standard InChI is InChI=1S/C25H29ClN4O5/c1-15-7-6-8-19(26)20(15)29-22(32)21(17-9-11-18(31)12-10-17)30(14-13-27)23(33)16(2)28-24(34)35-25(3,4)5/h6-12,16,21,31H,14H2,1-5H3,(H,28,34)(H,29,32). The molecule has 35 heavy (non-hydrogen) atoms. The number of aryl methyl sites for hydroxylation is 1. The van der Waals surface area contributed by atoms with E-state index in [0.717, 1.165) is 4.90 Å². The summed E-state index contributed by atoms with van der Waals surface area (Å²) in [7, 11) is 0. The van der Waals surface area contributed by atoms with Crippen molar-refractivity contribution >= 4 is 35.2 Å². The van der Waals surface area contributed by atoms with Crippen molar-refractivity contribution < 1.29 is 24.2 Å². The Hall–Kier alpha value is -3.77. The maximum Gasteiger partial charge on any atom is 0.408 e. The Kier molecular flexibility index (Phi) is 9.09. The van der Waals surface area contributed by atoms with Crippen molar-refractivity contribution in [2.45, 2.75) is 52.3 Å². The van der Waals surface area contributed by atoms with Crippen molar-refractivity contribution in [3.63, 3.8) is 0 Å². The smallest absolute Gasteiger partial charge is 0.408 e. The second-order valence-corrected chi connectivity index (χ2v) is 9.31. The molecule has 0 heterocycles. The third-order valence-electron chi connectivity index (χ3n) is 4.87. The third-order valence-corrected chi connectivity index (χ3v) is 5.18. The Morgan fingerprint density at radius 1 is 1.17 bits per heavy atom. The molecule has 3 N–H and O–H groups in total. The fourth-order valence-corrected chi connectivity index (χ4v) is 3.55. The SMILES string of the molecule is Cc1cccc(Cl)c1NC(=O)C(c1ccc(O)cc1)N(CC#N)C(=O)C(C)NC(=O)OC(C)(C)C. The number of aromatic hydroxyl groups is 1. The molecular weight excluding hydrogens is 472 g/mol. The predicted octanol–water partition coefficient (Wildman–Crippen LogP) is 4.30. The van der Waals surface area contributed by atoms with Crippen LogP contribution in [0.4, 0.5) is 10.5 Å². The van der Waals surface area contributed by atoms with E-state index in [1.54, 1.807) is 45.9 Å². The lowest BCUT2D eigenvalue weighted by Gasteiger charge is -2.32. The molecule has 0 saturated heterocycles. The largest absolute Gasteiger partial charge is 0.508 e. The number of ether oxygens (including phenoxy) is 1. The summed E-state index contributed by atoms with van der Waals surface area (Å²) in [6.45, 7) is 7.80. The van der Waals surface area contributed by atoms with Crippen LogP contribution in [-0.4, -0.2) is 46.1 Å². The maximum absolute atomic E-state index is 13.5. The molecule has 3 amide bonds. The number of hydrogen-bond donors (Lipinski definition) is 3. The number of halogens is 1. The first kappa shape index (κ1) is 27.5. The fraction of sp³-hybridized carbons (Fsp3) is 0.360. The quantitative estimate of drug-likeness (QED) is 0.485. The first-order valence-electron chi connectivity index (χ1n) is 10.9. The normalized spacial score (nSPS) is 12.6. The number of nitriles is 1. The molecule has 2 unspecified atom stereocenters. The van der Waals surface area contributed by atoms with Crippen molar-refractivity contribution in [3.8, 4) is 11.8 Å². The average Bonchev–Trinajstić information content (AvgIpc) is 2.75. The number of anilines is 1. The van der Waals surface area contributed by atoms with E-state index in [4.69, 9.17) is 16.3 Å². The predicted molar refractivity (Wildman–Crippen MR) is 132 cm³/mol. The van der Waals surface area contributed by atoms with Gasteiger partial charge in [0.15, 0.2) is 0 Å². The molecule has 0 bridgehead atoms. The van der Waals surface area contributed by atoms with Crippen molar-refractivity contribution in [3.05, 3.63) is 58.6 Å². The van der Waals surface area contributed by atoms with Gasteiger partial charge in [-0.3, -0.25) is 9.59 Å². The van der Waals surface area contributed by atoms with Gasteiger partial charge >= 0.3 is 6.09 Å². The molecule has 2 aromatic carbocycles. The highest BCUT2D eigenvalue weighted by molar-refractivity contribution is 6.34. The van der Waals surface area contributed by atoms with Crippen LogP contribution in [0.3, 0.4) is 0 Å². The Morgan fingerprint density at radius 2 is 1.80 bits per heavy atom. The van der Waals surface area contributed by atoms with Crippen LogP contribution in [-0.2, 0) is 14.3 Å². The first-order valence-corrected chi connectivity index (χ1v) is 11.2. The highest BCUT2D eigenvalue weighted by Gasteiger charge is 2.35. The molecule has 0 saturated carbocycles. The van der Waals surface area contributed by atoms with Crippen molar-refractivity contribution in [1.29, 1.82) is 5.26 Å². The highest BCUT2D eigenvalue weighted by Crippen LogP contribution is 2.29. The highest BCUT2D eigenvalue weighted by atomic mass is 35.5. The van der Waals surface area contributed by atoms with E-state index in [9.17, 15) is 24.8 Å². The van der Waals surface area contributed by atoms with Gasteiger partial charge in [0.2, 0.25) is 5.91 Å². The molecule has 10 heteroatoms. The number of carbonyl (C=O) groups is 3. The number of rotatable bonds is 7. The number of alkyl carbamates (subject to hydrolysis) is 1. The third kappa shape index (κ3) is 7.62. The number of amides is 3. The molecule has 0 aliphatic rings. The Bertz CT molecular complexity index is 1100. The molecule has 2 atom stereocenters. The van der Waals surface area contributed by atoms with E-state index in [1.165, 1.54) is 31.2 Å². The molecule has 0 spiro atoms. The zero-order valence-corrected chi connectivity index (χ0v) is 21.0. The zero-order valence-electron chi connectivity index (χ0n) is 20.3. The van der Waals surface area contributed by atoms with Crippen LogP contribution in [0.1, 0.15) is 44.9 Å². The molecule has 186 valence electrons. The van der Waals surface area contributed by atoms with Crippen LogP contribution >= 0.6 is 11.6 Å². The topological polar surface area (TPSA) is 132 Å². The van der Waals surface area contributed by atoms with Gasteiger partial charge in [-0.1, -0.05) is 35.9 Å². The molecular formula is C25H29ClN4O5. The summed E-state index contributed by atoms with van der Waals surface area (Å²) in [4.78, 5) is 40.1. The Labute approximate surface area is 209 Å². The molecule has 0 aromatic heterocycles. The minimum Gasteiger partial charge on any atom is -0.508 e. The van der Waals surface area contributed by atoms with Gasteiger partial charge in [-0.2, -0.15) is 5.26 Å². The summed E-state index contributed by atoms with van der Waals surface area (Å²) in [6, 6.07) is 10.3. The van der Waals surface area contributed by atoms with Crippen LogP contribution in [0.25, 0.3) is 0 Å². The molecule has 2 rings (SSSR count). The van der Waals surface area contributed by atoms with Crippen LogP contribution in [0.15, 0.2) is 42.5 Å². The fourth-order valence-electron chi connectivity index (χ4n) is 3.28. The van der Waals surface area contributed by atoms with Crippen LogP contribution < -0.4 is 10.6 Å². The van der Waals surface area contributed by atoms with Crippen LogP contribution in [0.5, 0.6) is 5.75 Å². The van der Waals surface area contributed by atoms with Gasteiger partial charge < -0.3 is 25.4 Å². The molecule has 9 nitrogen and oxygen atoms in total. The van der Waals surface area contributed by atoms with Crippen molar-refractivity contribution in [1.82, 2.24) is 10.2 Å². The summed E-state index contributed by atoms with van der Waals surface area (Å²) >= 11 is 6.27. The Morgan fingerprint density at radius 3 is 2.34 bits per heavy atom. The lowest BCUT2D eigenvalue weighted by atomic mass is 10.0. The average molecular weight is 501 g/mol. The molecule has 0 radical (unpaired) electrons. The van der Waals surface area contributed by atoms with Gasteiger partial charge in [-0.25, -0.2) is 4.79 Å². The number of benzene rings is 2. The summed E-state index contributed by atoms with van der Waals surface area (Å²) < 4.78 is 5.20. The number of nitrogens with zero attached hydrogens (tertiary/aromatic N) is 2. The molecule has 0 aliphatic carbocycles. The van der Waals surface area contributed by atoms with Gasteiger partial charge in [0.25, 0.3) is 5.91 Å². The first-order chi connectivity index (χ1) is 16.3. The zero-order chi connectivity index (χ0) is 26.3. The van der Waals surface area contributed by atoms with Gasteiger partial charge in [-0.15, -0.1) is 0 Å². The van der Waals surface area contributed by atoms with E-state index in [0.29, 0.717) is 21.8 Å². The summed E-state index contributed by atoms with van der Waals surface area (Å²) in [6.07, 6.45) is -0.812. The van der Waals surface area contributed by atoms with Crippen molar-refractivity contribution in [2.75, 3.05) is 11.9 Å². The molecule has 0 aliphatic heterocycles. The lowest BCUT2D eigenvalue weighted by Crippen LogP contribution is -2.51. The summed E-state index contributed by atoms with van der Waals surface area (Å²) in [5.74, 6) is -1.34. The monoisotopic (exact) mass is 500 g/mol. The van der Waals surface area contributed by atoms with Crippen molar-refractivity contribution in [2.24, 2.45) is 0 Å². The van der Waals surface area contributed by atoms with E-state index in [-0.39, 0.29) is 5.75 Å². The lowest BCUT2D eigenvalue weighted by molar-refractivity contribution is -0.139. The van der Waals surface area contributed by atoms with Gasteiger partial charge in [-0.05, 0) is 63.9 Å². The van der Waals surface area contributed by atoms with Crippen LogP contribution in [0, 0.1) is 18.3 Å². The number of phenolic OH excluding ortho intramolecular Hbond substituents is 1. The summed E-state index contributed by atoms with van der Waals surface area (Å²) in [5.41, 5.74) is 0.638. The van der Waals surface area contributed by atoms with Gasteiger partial charge in [0.1, 0.15) is 30.0 Å². The maximum atomic E-state index is 13.5. The van der Waals surface area contributed by atoms with E-state index in [1.807, 2.05) is 6.07 Å². The van der Waals surface area contributed by atoms with Gasteiger partial charge in [0, 0.05) is 0 Å². The summed E-state index contributed by atoms with van der Waals surface area (Å²) in [5, 5.41) is 24.7. The molecule has 0 fully saturated rings. The van der Waals surface area contributed by atoms with Crippen LogP contribution in [0.2, 0.25) is 5.02 Å². The molecule has 2 aromatic rings. The number of para-hydroxylation sites is 1. The number of nitrogens with one attached hydrogen (secondary N) is 2. The second-order valence-electron chi connectivity index (χ2n) is 8.91. The number of phenols is 1. The van der Waals surface area contributed by atoms with E-state index in [2.05, 4.69) is 10.6 Å². The van der Waals surface area contributed by atoms with E-state index >= 15 is 0 Å². The van der Waals surface area contributed by atoms with E-state index < -0.39 is 42.1 Å².